The molecule has 0 N–H and O–H groups in total. The summed E-state index contributed by atoms with van der Waals surface area (Å²) in [5.41, 5.74) is 60.0. The first-order valence-corrected chi connectivity index (χ1v) is 41.3. The SMILES string of the molecule is Cc1cc(-c2c(C)cc(C)c3c2Cc2ccccc2-3)[n+](C)cc1-c1ccccc1.Cc1cc(-c2c(C)ccc3c2Cc2cccc(C)c2-3)[n+](C)cc1-c1ccccc1.Cc1ccc2c(c1)-c1ccc(C)c(-c3cc(C)c(-c4ccccc4)c[n+]3C)c1C2.Cc1ccc2c(c1)Cc1c-2ccc(C)c1-c1cc(C)c(-c2ccccc2)c[n+]1C. The molecule has 4 nitrogen and oxygen atoms in total. The summed E-state index contributed by atoms with van der Waals surface area (Å²) >= 11 is 0. The topological polar surface area (TPSA) is 15.5 Å². The van der Waals surface area contributed by atoms with Crippen molar-refractivity contribution in [3.8, 4) is 134 Å². The van der Waals surface area contributed by atoms with Crippen LogP contribution in [0.4, 0.5) is 0 Å². The lowest BCUT2D eigenvalue weighted by molar-refractivity contribution is -0.660. The van der Waals surface area contributed by atoms with Crippen LogP contribution in [-0.4, -0.2) is 0 Å². The number of fused-ring (bicyclic) bond motifs is 12. The van der Waals surface area contributed by atoms with Crippen LogP contribution in [0.3, 0.4) is 0 Å². The van der Waals surface area contributed by atoms with Gasteiger partial charge >= 0.3 is 0 Å². The highest BCUT2D eigenvalue weighted by Gasteiger charge is 2.33. The Morgan fingerprint density at radius 2 is 0.509 bits per heavy atom. The first-order chi connectivity index (χ1) is 56.1. The zero-order valence-electron chi connectivity index (χ0n) is 70.3. The molecule has 0 radical (unpaired) electrons. The van der Waals surface area contributed by atoms with Crippen molar-refractivity contribution in [1.29, 1.82) is 0 Å². The van der Waals surface area contributed by atoms with Crippen molar-refractivity contribution in [2.75, 3.05) is 0 Å². The zero-order chi connectivity index (χ0) is 80.5. The Labute approximate surface area is 687 Å². The molecule has 0 atom stereocenters. The van der Waals surface area contributed by atoms with E-state index in [2.05, 4.69) is 421 Å². The lowest BCUT2D eigenvalue weighted by atomic mass is 9.89. The van der Waals surface area contributed by atoms with Crippen LogP contribution in [0.1, 0.15) is 111 Å². The van der Waals surface area contributed by atoms with Crippen LogP contribution >= 0.6 is 0 Å². The molecule has 0 bridgehead atoms. The predicted octanol–water partition coefficient (Wildman–Crippen LogP) is 25.4. The molecule has 20 rings (SSSR count). The van der Waals surface area contributed by atoms with E-state index in [0.717, 1.165) is 25.7 Å². The van der Waals surface area contributed by atoms with Crippen molar-refractivity contribution in [1.82, 2.24) is 0 Å². The smallest absolute Gasteiger partial charge is 0.200 e. The number of aromatic nitrogens is 4. The molecule has 0 saturated carbocycles. The van der Waals surface area contributed by atoms with Crippen molar-refractivity contribution < 1.29 is 18.3 Å². The van der Waals surface area contributed by atoms with E-state index in [0.29, 0.717) is 0 Å². The first-order valence-electron chi connectivity index (χ1n) is 41.3. The maximum atomic E-state index is 2.36. The second kappa shape index (κ2) is 31.2. The molecule has 568 valence electrons. The Hall–Kier alpha value is -12.8. The summed E-state index contributed by atoms with van der Waals surface area (Å²) in [6.45, 7) is 26.7. The fourth-order valence-electron chi connectivity index (χ4n) is 19.5. The van der Waals surface area contributed by atoms with Crippen LogP contribution in [0.5, 0.6) is 0 Å². The van der Waals surface area contributed by atoms with E-state index in [1.807, 2.05) is 0 Å². The number of pyridine rings is 4. The first kappa shape index (κ1) is 75.9. The van der Waals surface area contributed by atoms with Crippen LogP contribution in [0.15, 0.2) is 292 Å². The Morgan fingerprint density at radius 1 is 0.181 bits per heavy atom. The molecule has 0 spiro atoms. The molecule has 4 aliphatic rings. The van der Waals surface area contributed by atoms with E-state index in [9.17, 15) is 0 Å². The van der Waals surface area contributed by atoms with E-state index < -0.39 is 0 Å². The van der Waals surface area contributed by atoms with Gasteiger partial charge in [0.15, 0.2) is 24.8 Å². The van der Waals surface area contributed by atoms with Gasteiger partial charge in [-0.15, -0.1) is 0 Å². The van der Waals surface area contributed by atoms with Crippen molar-refractivity contribution >= 4 is 0 Å². The monoisotopic (exact) mass is 1500 g/mol. The number of aryl methyl sites for hydroxylation is 16. The maximum absolute atomic E-state index is 2.36. The highest BCUT2D eigenvalue weighted by molar-refractivity contribution is 5.91. The minimum absolute atomic E-state index is 1.02. The molecule has 0 aliphatic heterocycles. The molecular formula is C112H104N4+4. The van der Waals surface area contributed by atoms with Gasteiger partial charge < -0.3 is 0 Å². The Kier molecular flexibility index (Phi) is 20.4. The summed E-state index contributed by atoms with van der Waals surface area (Å²) in [5, 5.41) is 0. The highest BCUT2D eigenvalue weighted by Crippen LogP contribution is 2.49. The lowest BCUT2D eigenvalue weighted by Crippen LogP contribution is -2.32. The summed E-state index contributed by atoms with van der Waals surface area (Å²) in [5.74, 6) is 0. The molecule has 116 heavy (non-hydrogen) atoms. The standard InChI is InChI=1S/4C28H26N/c1-18-9-8-12-22-16-24-23(27(18)22)14-13-19(2)28(24)26-15-20(3)25(17-29(26)4)21-10-6-5-7-11-21;1-18-15-26(29(4)17-25(18)21-10-6-5-7-11-21)28-20(3)14-19(2)27-23-13-9-8-12-22(23)16-24(27)28;1-18-10-12-23-22(14-18)16-25-24(23)13-11-19(2)28(25)27-15-20(3)26(17-29(27)4)21-8-6-5-7-9-21;1-18-10-12-22-16-25-23(24(22)14-18)13-11-19(2)28(25)27-15-20(3)26(17-29(27)4)21-8-6-5-7-9-21/h4*5-15,17H,16H2,1-4H3/q4*+1. The number of rotatable bonds is 8. The molecule has 0 saturated heterocycles. The molecule has 12 aromatic carbocycles. The minimum Gasteiger partial charge on any atom is -0.200 e. The molecule has 4 aromatic heterocycles. The van der Waals surface area contributed by atoms with Gasteiger partial charge in [-0.2, -0.15) is 0 Å². The van der Waals surface area contributed by atoms with Gasteiger partial charge in [0, 0.05) is 46.5 Å². The second-order valence-corrected chi connectivity index (χ2v) is 33.3. The van der Waals surface area contributed by atoms with Crippen LogP contribution in [0.2, 0.25) is 0 Å². The molecule has 0 unspecified atom stereocenters. The average molecular weight is 1510 g/mol. The van der Waals surface area contributed by atoms with E-state index in [-0.39, 0.29) is 0 Å². The van der Waals surface area contributed by atoms with E-state index in [1.165, 1.54) is 245 Å². The molecule has 0 amide bonds. The molecule has 16 aromatic rings. The number of hydrogen-bond acceptors (Lipinski definition) is 0. The van der Waals surface area contributed by atoms with Crippen molar-refractivity contribution in [2.24, 2.45) is 28.2 Å². The van der Waals surface area contributed by atoms with E-state index in [1.54, 1.807) is 0 Å². The third-order valence-electron chi connectivity index (χ3n) is 25.2. The third-order valence-corrected chi connectivity index (χ3v) is 25.2. The second-order valence-electron chi connectivity index (χ2n) is 33.3. The number of nitrogens with zero attached hydrogens (tertiary/aromatic N) is 4. The summed E-state index contributed by atoms with van der Waals surface area (Å²) in [7, 11) is 8.70. The van der Waals surface area contributed by atoms with Gasteiger partial charge in [0.2, 0.25) is 22.8 Å². The van der Waals surface area contributed by atoms with Gasteiger partial charge in [-0.1, -0.05) is 254 Å². The number of benzene rings is 12. The third kappa shape index (κ3) is 14.0. The summed E-state index contributed by atoms with van der Waals surface area (Å²) in [6, 6.07) is 97.5. The molecule has 4 aliphatic carbocycles. The van der Waals surface area contributed by atoms with Crippen LogP contribution in [-0.2, 0) is 53.9 Å². The normalized spacial score (nSPS) is 12.0. The Morgan fingerprint density at radius 3 is 0.974 bits per heavy atom. The fourth-order valence-corrected chi connectivity index (χ4v) is 19.5. The van der Waals surface area contributed by atoms with Gasteiger partial charge in [-0.3, -0.25) is 0 Å². The van der Waals surface area contributed by atoms with Gasteiger partial charge in [0.1, 0.15) is 28.2 Å². The van der Waals surface area contributed by atoms with Gasteiger partial charge in [0.05, 0.1) is 22.3 Å². The van der Waals surface area contributed by atoms with Gasteiger partial charge in [-0.05, 0) is 276 Å². The lowest BCUT2D eigenvalue weighted by Gasteiger charge is -2.15. The molecule has 4 heterocycles. The van der Waals surface area contributed by atoms with Crippen LogP contribution in [0, 0.1) is 83.1 Å². The highest BCUT2D eigenvalue weighted by atomic mass is 14.9. The maximum Gasteiger partial charge on any atom is 0.213 e. The Balaban J connectivity index is 0.000000111. The molecule has 4 heteroatoms. The molecule has 0 fully saturated rings. The fraction of sp³-hybridized carbons (Fsp3) is 0.179. The zero-order valence-corrected chi connectivity index (χ0v) is 70.3. The molecular weight excluding hydrogens is 1400 g/mol. The van der Waals surface area contributed by atoms with Gasteiger partial charge in [-0.25, -0.2) is 18.3 Å². The summed E-state index contributed by atoms with van der Waals surface area (Å²) < 4.78 is 9.20. The van der Waals surface area contributed by atoms with E-state index in [4.69, 9.17) is 0 Å². The van der Waals surface area contributed by atoms with Crippen LogP contribution < -0.4 is 18.3 Å². The average Bonchev–Trinajstić information content (AvgIpc) is 1.60. The summed E-state index contributed by atoms with van der Waals surface area (Å²) in [6.07, 6.45) is 13.2. The van der Waals surface area contributed by atoms with E-state index >= 15 is 0 Å². The van der Waals surface area contributed by atoms with Gasteiger partial charge in [0.25, 0.3) is 0 Å². The van der Waals surface area contributed by atoms with Crippen molar-refractivity contribution in [3.05, 3.63) is 403 Å². The van der Waals surface area contributed by atoms with Crippen molar-refractivity contribution in [2.45, 2.75) is 109 Å². The Bertz CT molecular complexity index is 6600. The minimum atomic E-state index is 1.02. The summed E-state index contributed by atoms with van der Waals surface area (Å²) in [4.78, 5) is 0. The predicted molar refractivity (Wildman–Crippen MR) is 484 cm³/mol. The quantitative estimate of drug-likeness (QED) is 0.135. The number of hydrogen-bond donors (Lipinski definition) is 0. The largest absolute Gasteiger partial charge is 0.213 e. The van der Waals surface area contributed by atoms with Crippen LogP contribution in [0.25, 0.3) is 134 Å². The van der Waals surface area contributed by atoms with Crippen molar-refractivity contribution in [3.63, 3.8) is 0 Å².